The minimum atomic E-state index is -0.300. The molecule has 0 atom stereocenters. The van der Waals surface area contributed by atoms with Gasteiger partial charge in [-0.05, 0) is 87.9 Å². The van der Waals surface area contributed by atoms with Crippen molar-refractivity contribution in [2.75, 3.05) is 14.7 Å². The first-order valence-electron chi connectivity index (χ1n) is 29.7. The Kier molecular flexibility index (Phi) is 15.6. The Morgan fingerprint density at radius 3 is 1.54 bits per heavy atom. The number of benzene rings is 11. The van der Waals surface area contributed by atoms with Gasteiger partial charge in [-0.1, -0.05) is 242 Å². The van der Waals surface area contributed by atoms with Crippen molar-refractivity contribution in [3.8, 4) is 33.4 Å². The Balaban J connectivity index is 0.00000369. The number of rotatable bonds is 8. The van der Waals surface area contributed by atoms with Gasteiger partial charge in [-0.25, -0.2) is 5.69 Å². The normalized spacial score (nSPS) is 12.7. The van der Waals surface area contributed by atoms with E-state index in [1.165, 1.54) is 38.6 Å². The number of fused-ring (bicyclic) bond motifs is 7. The smallest absolute Gasteiger partial charge is 0.463 e. The molecule has 2 aliphatic heterocycles. The van der Waals surface area contributed by atoms with Gasteiger partial charge >= 0.3 is 54.6 Å². The molecule has 0 saturated carbocycles. The summed E-state index contributed by atoms with van der Waals surface area (Å²) >= 11 is 0. The van der Waals surface area contributed by atoms with Crippen molar-refractivity contribution in [3.05, 3.63) is 278 Å². The average molecular weight is 1320 g/mol. The fourth-order valence-corrected chi connectivity index (χ4v) is 13.3. The Bertz CT molecular complexity index is 4450. The molecular formula is C80H68BCd2N3O. The first kappa shape index (κ1) is 59.6. The fourth-order valence-electron chi connectivity index (χ4n) is 13.3. The largest absolute Gasteiger partial charge is 2.00 e. The molecule has 2 aliphatic rings. The molecule has 0 N–H and O–H groups in total. The molecule has 7 heteroatoms. The second-order valence-corrected chi connectivity index (χ2v) is 26.2. The predicted molar refractivity (Wildman–Crippen MR) is 361 cm³/mol. The maximum Gasteiger partial charge on any atom is 2.00 e. The van der Waals surface area contributed by atoms with Crippen LogP contribution >= 0.6 is 0 Å². The van der Waals surface area contributed by atoms with E-state index in [0.717, 1.165) is 112 Å². The Hall–Kier alpha value is -7.73. The molecule has 4 nitrogen and oxygen atoms in total. The quantitative estimate of drug-likeness (QED) is 0.112. The molecule has 0 fully saturated rings. The van der Waals surface area contributed by atoms with Crippen LogP contribution in [0.5, 0.6) is 0 Å². The predicted octanol–water partition coefficient (Wildman–Crippen LogP) is 20.0. The van der Waals surface area contributed by atoms with Crippen molar-refractivity contribution in [2.24, 2.45) is 0 Å². The molecule has 416 valence electrons. The van der Waals surface area contributed by atoms with Crippen molar-refractivity contribution in [1.82, 2.24) is 0 Å². The zero-order valence-corrected chi connectivity index (χ0v) is 59.6. The molecule has 1 aromatic heterocycles. The van der Waals surface area contributed by atoms with Crippen LogP contribution in [0.15, 0.2) is 229 Å². The van der Waals surface area contributed by atoms with E-state index in [-0.39, 0.29) is 77.6 Å². The number of hydrogen-bond donors (Lipinski definition) is 0. The van der Waals surface area contributed by atoms with Gasteiger partial charge in [0.1, 0.15) is 11.2 Å². The second kappa shape index (κ2) is 22.8. The molecule has 0 bridgehead atoms. The SMILES string of the molecule is [CH2-]c1c(C(C)(C)C)ccc2c1N(c1[c-]cc(C(C)(C)C)c[c-]1)c1c([CH2-])c(C(C)(C)C)cc3c1B2c1ccc(N(c2ccc(-c4ccccc4)cc2)c2ccc(-c4ccccc4)cc2)cc1N3c1ccc(-c2cccc3c2oc2ccccc23)cc1.[Cd+2].[Cd+2]. The molecule has 0 radical (unpaired) electrons. The van der Waals surface area contributed by atoms with Crippen molar-refractivity contribution >= 4 is 96.2 Å². The topological polar surface area (TPSA) is 22.9 Å². The molecule has 87 heavy (non-hydrogen) atoms. The van der Waals surface area contributed by atoms with Crippen LogP contribution in [0, 0.1) is 26.0 Å². The number of furan rings is 1. The van der Waals surface area contributed by atoms with Gasteiger partial charge in [-0.2, -0.15) is 25.0 Å². The second-order valence-electron chi connectivity index (χ2n) is 26.2. The van der Waals surface area contributed by atoms with Crippen LogP contribution in [0.2, 0.25) is 0 Å². The van der Waals surface area contributed by atoms with Crippen molar-refractivity contribution < 1.29 is 59.0 Å². The maximum atomic E-state index is 6.64. The summed E-state index contributed by atoms with van der Waals surface area (Å²) in [5.41, 5.74) is 26.4. The third-order valence-electron chi connectivity index (χ3n) is 17.6. The van der Waals surface area contributed by atoms with Gasteiger partial charge in [0.25, 0.3) is 0 Å². The number of nitrogens with zero attached hydrogens (tertiary/aromatic N) is 3. The van der Waals surface area contributed by atoms with Gasteiger partial charge in [0, 0.05) is 50.5 Å². The van der Waals surface area contributed by atoms with Crippen LogP contribution in [0.1, 0.15) is 90.1 Å². The first-order valence-corrected chi connectivity index (χ1v) is 29.7. The summed E-state index contributed by atoms with van der Waals surface area (Å²) in [4.78, 5) is 7.35. The van der Waals surface area contributed by atoms with Crippen LogP contribution in [0.25, 0.3) is 55.3 Å². The van der Waals surface area contributed by atoms with Crippen LogP contribution in [0.3, 0.4) is 0 Å². The molecule has 14 rings (SSSR count). The van der Waals surface area contributed by atoms with E-state index in [4.69, 9.17) is 18.3 Å². The number of para-hydroxylation sites is 2. The first-order chi connectivity index (χ1) is 40.9. The zero-order chi connectivity index (χ0) is 58.7. The summed E-state index contributed by atoms with van der Waals surface area (Å²) in [6.45, 7) is 30.5. The van der Waals surface area contributed by atoms with Crippen molar-refractivity contribution in [3.63, 3.8) is 0 Å². The monoisotopic (exact) mass is 1330 g/mol. The summed E-state index contributed by atoms with van der Waals surface area (Å²) in [5, 5.41) is 2.22. The average Bonchev–Trinajstić information content (AvgIpc) is 1.19. The summed E-state index contributed by atoms with van der Waals surface area (Å²) < 4.78 is 6.64. The molecule has 0 saturated heterocycles. The van der Waals surface area contributed by atoms with E-state index in [1.54, 1.807) is 0 Å². The van der Waals surface area contributed by atoms with Gasteiger partial charge in [0.05, 0.1) is 0 Å². The third-order valence-corrected chi connectivity index (χ3v) is 17.6. The molecule has 0 aliphatic carbocycles. The zero-order valence-electron chi connectivity index (χ0n) is 51.5. The minimum Gasteiger partial charge on any atom is -0.463 e. The summed E-state index contributed by atoms with van der Waals surface area (Å²) in [7, 11) is 0. The Morgan fingerprint density at radius 1 is 0.437 bits per heavy atom. The van der Waals surface area contributed by atoms with Gasteiger partial charge in [-0.3, -0.25) is 17.7 Å². The maximum absolute atomic E-state index is 6.64. The molecule has 0 unspecified atom stereocenters. The number of hydrogen-bond acceptors (Lipinski definition) is 4. The Morgan fingerprint density at radius 2 is 0.954 bits per heavy atom. The molecule has 11 aromatic carbocycles. The van der Waals surface area contributed by atoms with Gasteiger partial charge in [0.2, 0.25) is 6.71 Å². The van der Waals surface area contributed by atoms with Gasteiger partial charge < -0.3 is 31.2 Å². The molecule has 0 amide bonds. The molecule has 12 aromatic rings. The van der Waals surface area contributed by atoms with Crippen LogP contribution in [-0.2, 0) is 70.8 Å². The third kappa shape index (κ3) is 10.4. The number of anilines is 9. The van der Waals surface area contributed by atoms with E-state index in [0.29, 0.717) is 0 Å². The van der Waals surface area contributed by atoms with Crippen molar-refractivity contribution in [1.29, 1.82) is 0 Å². The van der Waals surface area contributed by atoms with Crippen molar-refractivity contribution in [2.45, 2.75) is 78.6 Å². The van der Waals surface area contributed by atoms with E-state index in [9.17, 15) is 0 Å². The van der Waals surface area contributed by atoms with Crippen LogP contribution < -0.4 is 31.1 Å². The van der Waals surface area contributed by atoms with E-state index in [1.807, 2.05) is 6.07 Å². The van der Waals surface area contributed by atoms with Gasteiger partial charge in [-0.15, -0.1) is 28.1 Å². The minimum absolute atomic E-state index is 0. The van der Waals surface area contributed by atoms with E-state index < -0.39 is 0 Å². The molecule has 3 heterocycles. The molecular weight excluding hydrogens is 1250 g/mol. The van der Waals surface area contributed by atoms with E-state index >= 15 is 0 Å². The van der Waals surface area contributed by atoms with Crippen LogP contribution in [0.4, 0.5) is 51.2 Å². The summed E-state index contributed by atoms with van der Waals surface area (Å²) in [6, 6.07) is 89.4. The fraction of sp³-hybridized carbons (Fsp3) is 0.150. The standard InChI is InChI=1S/C80H68BN3O.2Cd/c1-51-67(79(6,7)8)46-48-70-75(51)84(62-43-35-58(36-44-62)78(3,4)5)76-52(2)68(80(9,10)11)50-72-74(76)81(70)69-47-45-63(49-71(69)83(72)61-41-33-57(34-42-61)64-26-20-27-66-65-25-18-19-28-73(65)85-77(64)66)82(59-37-29-55(30-38-59)53-21-14-12-15-22-53)60-39-31-56(32-40-60)54-23-16-13-17-24-54;;/h12-42,45-50H,1-2H2,3-11H3;;/q-4;2*+2. The summed E-state index contributed by atoms with van der Waals surface area (Å²) in [5.74, 6) is 0. The Labute approximate surface area is 555 Å². The molecule has 0 spiro atoms. The van der Waals surface area contributed by atoms with E-state index in [2.05, 4.69) is 308 Å². The van der Waals surface area contributed by atoms with Gasteiger partial charge in [0.15, 0.2) is 0 Å². The summed E-state index contributed by atoms with van der Waals surface area (Å²) in [6.07, 6.45) is 0. The van der Waals surface area contributed by atoms with Crippen LogP contribution in [-0.4, -0.2) is 6.71 Å².